The number of rotatable bonds is 5. The van der Waals surface area contributed by atoms with Crippen molar-refractivity contribution in [2.24, 2.45) is 52.3 Å². The van der Waals surface area contributed by atoms with Crippen molar-refractivity contribution in [2.75, 3.05) is 0 Å². The van der Waals surface area contributed by atoms with E-state index in [1.165, 1.54) is 44.9 Å². The van der Waals surface area contributed by atoms with Gasteiger partial charge in [0.1, 0.15) is 0 Å². The lowest BCUT2D eigenvalue weighted by molar-refractivity contribution is -0.111. The van der Waals surface area contributed by atoms with Crippen molar-refractivity contribution in [1.29, 1.82) is 0 Å². The summed E-state index contributed by atoms with van der Waals surface area (Å²) >= 11 is 0. The van der Waals surface area contributed by atoms with Gasteiger partial charge in [0.25, 0.3) is 0 Å². The maximum absolute atomic E-state index is 2.76. The topological polar surface area (TPSA) is 0 Å². The second-order valence-electron chi connectivity index (χ2n) is 12.8. The van der Waals surface area contributed by atoms with Crippen LogP contribution in [-0.4, -0.2) is 0 Å². The van der Waals surface area contributed by atoms with Crippen molar-refractivity contribution in [3.63, 3.8) is 0 Å². The molecule has 8 unspecified atom stereocenters. The largest absolute Gasteiger partial charge is 0.0622 e. The summed E-state index contributed by atoms with van der Waals surface area (Å²) in [5.74, 6) is 7.50. The van der Waals surface area contributed by atoms with E-state index in [0.717, 1.165) is 46.8 Å². The number of fused-ring (bicyclic) bond motifs is 5. The lowest BCUT2D eigenvalue weighted by atomic mass is 9.45. The van der Waals surface area contributed by atoms with E-state index in [2.05, 4.69) is 20.8 Å². The van der Waals surface area contributed by atoms with Crippen molar-refractivity contribution in [3.05, 3.63) is 0 Å². The molecule has 0 heterocycles. The minimum atomic E-state index is 0. The molecule has 5 aliphatic carbocycles. The van der Waals surface area contributed by atoms with Crippen LogP contribution in [-0.2, 0) is 0 Å². The highest BCUT2D eigenvalue weighted by Crippen LogP contribution is 2.67. The van der Waals surface area contributed by atoms with Gasteiger partial charge < -0.3 is 0 Å². The zero-order valence-corrected chi connectivity index (χ0v) is 19.4. The smallest absolute Gasteiger partial charge is 0 e. The summed E-state index contributed by atoms with van der Waals surface area (Å²) in [7, 11) is 0. The van der Waals surface area contributed by atoms with Crippen LogP contribution in [0, 0.1) is 52.3 Å². The molecule has 5 rings (SSSR count). The second-order valence-corrected chi connectivity index (χ2v) is 12.8. The summed E-state index contributed by atoms with van der Waals surface area (Å²) < 4.78 is 0. The molecule has 162 valence electrons. The van der Waals surface area contributed by atoms with Crippen molar-refractivity contribution in [3.8, 4) is 0 Å². The van der Waals surface area contributed by atoms with Crippen molar-refractivity contribution in [2.45, 2.75) is 124 Å². The second kappa shape index (κ2) is 7.60. The Bertz CT molecular complexity index is 553. The van der Waals surface area contributed by atoms with Gasteiger partial charge in [0, 0.05) is 1.43 Å². The van der Waals surface area contributed by atoms with Crippen LogP contribution in [0.2, 0.25) is 0 Å². The molecule has 0 aromatic heterocycles. The van der Waals surface area contributed by atoms with Gasteiger partial charge in [-0.05, 0) is 110 Å². The minimum absolute atomic E-state index is 0. The monoisotopic (exact) mass is 386 g/mol. The predicted octanol–water partition coefficient (Wildman–Crippen LogP) is 8.89. The van der Waals surface area contributed by atoms with Crippen LogP contribution in [0.5, 0.6) is 0 Å². The van der Waals surface area contributed by atoms with Gasteiger partial charge in [0.15, 0.2) is 0 Å². The highest BCUT2D eigenvalue weighted by Gasteiger charge is 2.59. The fraction of sp³-hybridized carbons (Fsp3) is 1.00. The first kappa shape index (κ1) is 19.9. The molecule has 0 heteroatoms. The van der Waals surface area contributed by atoms with E-state index in [9.17, 15) is 0 Å². The van der Waals surface area contributed by atoms with Crippen molar-refractivity contribution in [1.82, 2.24) is 0 Å². The molecule has 0 spiro atoms. The normalized spacial score (nSPS) is 49.6. The van der Waals surface area contributed by atoms with Crippen molar-refractivity contribution >= 4 is 0 Å². The lowest BCUT2D eigenvalue weighted by Crippen LogP contribution is -2.52. The minimum Gasteiger partial charge on any atom is -0.0622 e. The Kier molecular flexibility index (Phi) is 5.41. The summed E-state index contributed by atoms with van der Waals surface area (Å²) in [5, 5.41) is 0. The molecular weight excluding hydrogens is 336 g/mol. The first-order chi connectivity index (χ1) is 13.5. The van der Waals surface area contributed by atoms with Gasteiger partial charge >= 0.3 is 0 Å². The van der Waals surface area contributed by atoms with E-state index >= 15 is 0 Å². The molecule has 0 N–H and O–H groups in total. The summed E-state index contributed by atoms with van der Waals surface area (Å²) in [6, 6.07) is 0. The molecule has 0 bridgehead atoms. The molecule has 0 amide bonds. The summed E-state index contributed by atoms with van der Waals surface area (Å²) in [6.07, 6.45) is 24.8. The zero-order chi connectivity index (χ0) is 19.4. The molecule has 0 aromatic carbocycles. The average Bonchev–Trinajstić information content (AvgIpc) is 2.96. The van der Waals surface area contributed by atoms with E-state index in [1.807, 2.05) is 0 Å². The van der Waals surface area contributed by atoms with Crippen LogP contribution in [0.4, 0.5) is 0 Å². The van der Waals surface area contributed by atoms with E-state index in [0.29, 0.717) is 5.41 Å². The molecule has 28 heavy (non-hydrogen) atoms. The fourth-order valence-corrected chi connectivity index (χ4v) is 9.81. The maximum atomic E-state index is 2.76. The highest BCUT2D eigenvalue weighted by atomic mass is 14.6. The van der Waals surface area contributed by atoms with Crippen LogP contribution in [0.25, 0.3) is 0 Å². The van der Waals surface area contributed by atoms with Gasteiger partial charge in [-0.25, -0.2) is 0 Å². The molecule has 0 aromatic rings. The molecule has 8 atom stereocenters. The predicted molar refractivity (Wildman–Crippen MR) is 122 cm³/mol. The van der Waals surface area contributed by atoms with E-state index in [-0.39, 0.29) is 1.43 Å². The van der Waals surface area contributed by atoms with Crippen LogP contribution >= 0.6 is 0 Å². The Balaban J connectivity index is 0.00000205. The first-order valence-electron chi connectivity index (χ1n) is 13.5. The third-order valence-electron chi connectivity index (χ3n) is 11.9. The zero-order valence-electron chi connectivity index (χ0n) is 19.4. The Hall–Kier alpha value is 0. The Labute approximate surface area is 177 Å². The molecule has 5 saturated carbocycles. The highest BCUT2D eigenvalue weighted by molar-refractivity contribution is 5.08. The molecule has 0 nitrogen and oxygen atoms in total. The quantitative estimate of drug-likeness (QED) is 0.442. The lowest BCUT2D eigenvalue weighted by Gasteiger charge is -2.60. The number of hydrogen-bond donors (Lipinski definition) is 0. The van der Waals surface area contributed by atoms with Gasteiger partial charge in [-0.1, -0.05) is 65.7 Å². The first-order valence-corrected chi connectivity index (χ1v) is 13.5. The SMILES string of the molecule is CC(CCCC1CCC2C3CCC4CCCCC4(C)C3CCC12C)C1CCC1.[HH]. The molecule has 0 aliphatic heterocycles. The van der Waals surface area contributed by atoms with Crippen LogP contribution in [0.3, 0.4) is 0 Å². The summed E-state index contributed by atoms with van der Waals surface area (Å²) in [4.78, 5) is 0. The summed E-state index contributed by atoms with van der Waals surface area (Å²) in [5.41, 5.74) is 1.43. The molecular formula is C28H50. The van der Waals surface area contributed by atoms with Gasteiger partial charge in [0.2, 0.25) is 0 Å². The molecule has 5 aliphatic rings. The van der Waals surface area contributed by atoms with Crippen molar-refractivity contribution < 1.29 is 1.43 Å². The summed E-state index contributed by atoms with van der Waals surface area (Å²) in [6.45, 7) is 8.05. The Morgan fingerprint density at radius 2 is 1.61 bits per heavy atom. The van der Waals surface area contributed by atoms with Gasteiger partial charge in [-0.2, -0.15) is 0 Å². The average molecular weight is 387 g/mol. The Morgan fingerprint density at radius 3 is 2.39 bits per heavy atom. The van der Waals surface area contributed by atoms with E-state index in [1.54, 1.807) is 57.8 Å². The Morgan fingerprint density at radius 1 is 0.786 bits per heavy atom. The molecule has 0 saturated heterocycles. The molecule has 0 radical (unpaired) electrons. The maximum Gasteiger partial charge on any atom is 0 e. The van der Waals surface area contributed by atoms with Crippen LogP contribution < -0.4 is 0 Å². The van der Waals surface area contributed by atoms with E-state index < -0.39 is 0 Å². The molecule has 5 fully saturated rings. The van der Waals surface area contributed by atoms with Crippen LogP contribution in [0.15, 0.2) is 0 Å². The van der Waals surface area contributed by atoms with Gasteiger partial charge in [0.05, 0.1) is 0 Å². The number of hydrogen-bond acceptors (Lipinski definition) is 0. The third-order valence-corrected chi connectivity index (χ3v) is 11.9. The third kappa shape index (κ3) is 3.13. The standard InChI is InChI=1S/C28H48.H2/c1-20(21-9-7-10-21)8-6-12-23-14-16-25-24-15-13-22-11-4-5-18-27(22,2)26(24)17-19-28(23,25)3;/h20-26H,4-19H2,1-3H3;1H. The van der Waals surface area contributed by atoms with Crippen LogP contribution in [0.1, 0.15) is 125 Å². The van der Waals surface area contributed by atoms with E-state index in [4.69, 9.17) is 0 Å². The van der Waals surface area contributed by atoms with Gasteiger partial charge in [-0.15, -0.1) is 0 Å². The van der Waals surface area contributed by atoms with Gasteiger partial charge in [-0.3, -0.25) is 0 Å². The fourth-order valence-electron chi connectivity index (χ4n) is 9.81.